The molecule has 0 saturated heterocycles. The van der Waals surface area contributed by atoms with E-state index in [2.05, 4.69) is 13.8 Å². The number of phosphoric acid groups is 1. The predicted molar refractivity (Wildman–Crippen MR) is 140 cm³/mol. The van der Waals surface area contributed by atoms with Crippen LogP contribution in [0, 0.1) is 17.8 Å². The highest BCUT2D eigenvalue weighted by molar-refractivity contribution is 7.47. The van der Waals surface area contributed by atoms with Crippen molar-refractivity contribution in [2.45, 2.75) is 127 Å². The Bertz CT molecular complexity index is 682. The Hall–Kier alpha value is -0.170. The number of aliphatic hydroxyl groups excluding tert-OH is 6. The molecule has 2 saturated carbocycles. The third-order valence-electron chi connectivity index (χ3n) is 8.04. The van der Waals surface area contributed by atoms with Crippen LogP contribution < -0.4 is 0 Å². The molecule has 2 aliphatic carbocycles. The van der Waals surface area contributed by atoms with Crippen molar-refractivity contribution in [3.63, 3.8) is 0 Å². The highest BCUT2D eigenvalue weighted by atomic mass is 31.2. The number of phosphoric ester groups is 1. The van der Waals surface area contributed by atoms with E-state index in [1.165, 1.54) is 51.4 Å². The topological polar surface area (TPSA) is 186 Å². The Morgan fingerprint density at radius 2 is 1.24 bits per heavy atom. The lowest BCUT2D eigenvalue weighted by Gasteiger charge is -2.41. The molecule has 0 heterocycles. The molecule has 0 aromatic carbocycles. The zero-order valence-electron chi connectivity index (χ0n) is 22.9. The molecule has 0 aromatic rings. The summed E-state index contributed by atoms with van der Waals surface area (Å²) in [5.74, 6) is 2.77. The van der Waals surface area contributed by atoms with E-state index >= 15 is 0 Å². The summed E-state index contributed by atoms with van der Waals surface area (Å²) in [6.07, 6.45) is 0.962. The summed E-state index contributed by atoms with van der Waals surface area (Å²) in [4.78, 5) is 9.84. The number of aliphatic hydroxyl groups is 6. The second kappa shape index (κ2) is 16.9. The maximum atomic E-state index is 12.1. The molecule has 0 spiro atoms. The second-order valence-electron chi connectivity index (χ2n) is 11.1. The lowest BCUT2D eigenvalue weighted by molar-refractivity contribution is -0.220. The van der Waals surface area contributed by atoms with E-state index in [-0.39, 0.29) is 6.61 Å². The second-order valence-corrected chi connectivity index (χ2v) is 12.5. The van der Waals surface area contributed by atoms with Gasteiger partial charge in [0.05, 0.1) is 13.2 Å². The van der Waals surface area contributed by atoms with E-state index in [0.29, 0.717) is 6.61 Å². The summed E-state index contributed by atoms with van der Waals surface area (Å²) in [6, 6.07) is 0. The van der Waals surface area contributed by atoms with Crippen LogP contribution in [-0.2, 0) is 18.3 Å². The van der Waals surface area contributed by atoms with E-state index in [9.17, 15) is 40.1 Å². The molecule has 7 N–H and O–H groups in total. The monoisotopic (exact) mass is 570 g/mol. The zero-order chi connectivity index (χ0) is 28.3. The van der Waals surface area contributed by atoms with Gasteiger partial charge in [0, 0.05) is 6.61 Å². The van der Waals surface area contributed by atoms with Crippen molar-refractivity contribution in [3.8, 4) is 0 Å². The third kappa shape index (κ3) is 11.0. The van der Waals surface area contributed by atoms with Gasteiger partial charge in [0.2, 0.25) is 0 Å². The van der Waals surface area contributed by atoms with Crippen molar-refractivity contribution in [1.82, 2.24) is 0 Å². The Morgan fingerprint density at radius 3 is 1.82 bits per heavy atom. The van der Waals surface area contributed by atoms with Crippen LogP contribution in [0.4, 0.5) is 0 Å². The largest absolute Gasteiger partial charge is 0.472 e. The minimum absolute atomic E-state index is 0.114. The van der Waals surface area contributed by atoms with Crippen LogP contribution in [0.25, 0.3) is 0 Å². The molecule has 0 aromatic heterocycles. The van der Waals surface area contributed by atoms with Gasteiger partial charge in [-0.15, -0.1) is 0 Å². The number of hydrogen-bond donors (Lipinski definition) is 7. The van der Waals surface area contributed by atoms with Crippen LogP contribution in [-0.4, -0.2) is 98.1 Å². The van der Waals surface area contributed by atoms with Crippen LogP contribution in [0.1, 0.15) is 84.5 Å². The van der Waals surface area contributed by atoms with Gasteiger partial charge in [-0.1, -0.05) is 65.2 Å². The van der Waals surface area contributed by atoms with Crippen LogP contribution in [0.3, 0.4) is 0 Å². The Kier molecular flexibility index (Phi) is 15.2. The number of hydrogen-bond acceptors (Lipinski definition) is 10. The summed E-state index contributed by atoms with van der Waals surface area (Å²) in [7, 11) is -4.88. The molecule has 0 amide bonds. The molecule has 3 unspecified atom stereocenters. The van der Waals surface area contributed by atoms with E-state index < -0.39 is 57.2 Å². The fourth-order valence-corrected chi connectivity index (χ4v) is 6.44. The summed E-state index contributed by atoms with van der Waals surface area (Å²) in [5.41, 5.74) is 0. The van der Waals surface area contributed by atoms with Gasteiger partial charge in [0.25, 0.3) is 0 Å². The van der Waals surface area contributed by atoms with Gasteiger partial charge in [-0.3, -0.25) is 9.05 Å². The number of ether oxygens (including phenoxy) is 1. The molecule has 12 heteroatoms. The first kappa shape index (κ1) is 34.0. The zero-order valence-corrected chi connectivity index (χ0v) is 23.8. The van der Waals surface area contributed by atoms with E-state index in [0.717, 1.165) is 37.0 Å². The predicted octanol–water partition coefficient (Wildman–Crippen LogP) is 1.88. The van der Waals surface area contributed by atoms with Crippen molar-refractivity contribution >= 4 is 7.82 Å². The van der Waals surface area contributed by atoms with Gasteiger partial charge in [0.15, 0.2) is 0 Å². The molecule has 11 atom stereocenters. The highest BCUT2D eigenvalue weighted by Gasteiger charge is 2.51. The molecule has 0 bridgehead atoms. The average Bonchev–Trinajstić information content (AvgIpc) is 3.51. The molecule has 2 rings (SSSR count). The molecule has 2 aliphatic rings. The average molecular weight is 571 g/mol. The van der Waals surface area contributed by atoms with Crippen LogP contribution in [0.5, 0.6) is 0 Å². The fourth-order valence-electron chi connectivity index (χ4n) is 5.47. The number of unbranched alkanes of at least 4 members (excludes halogenated alkanes) is 7. The summed E-state index contributed by atoms with van der Waals surface area (Å²) in [6.45, 7) is 4.37. The third-order valence-corrected chi connectivity index (χ3v) is 9.03. The van der Waals surface area contributed by atoms with Crippen molar-refractivity contribution < 1.29 is 53.9 Å². The Labute approximate surface area is 226 Å². The van der Waals surface area contributed by atoms with Crippen molar-refractivity contribution in [2.75, 3.05) is 19.8 Å². The van der Waals surface area contributed by atoms with E-state index in [1.807, 2.05) is 0 Å². The fraction of sp³-hybridized carbons (Fsp3) is 1.00. The normalized spacial score (nSPS) is 35.7. The van der Waals surface area contributed by atoms with Crippen LogP contribution in [0.2, 0.25) is 0 Å². The standard InChI is InChI=1S/C26H51O11P/c1-3-4-5-9-12-19-17(2)20(19)13-10-7-6-8-11-14-35-15-18(27)16-36-38(33,34)37-26-24(31)22(29)21(28)23(30)25(26)32/h17-32H,3-16H2,1-2H3,(H,33,34)/t17-,18+,19-,20-,21?,22-,23+,24+,25+,26?/m1/s1. The SMILES string of the molecule is CCCCCC[C@@H]1[C@@H](C)[C@H]1CCCCCCCOC[C@H](O)COP(=O)(O)OC1[C@@H](O)[C@H](O)C(O)[C@H](O)[C@@H]1O. The Morgan fingerprint density at radius 1 is 0.737 bits per heavy atom. The molecule has 0 aliphatic heterocycles. The van der Waals surface area contributed by atoms with Gasteiger partial charge in [-0.05, 0) is 37.0 Å². The number of rotatable bonds is 20. The molecular formula is C26H51O11P. The maximum absolute atomic E-state index is 12.1. The molecule has 2 fully saturated rings. The Balaban J connectivity index is 1.48. The first-order chi connectivity index (χ1) is 18.0. The lowest BCUT2D eigenvalue weighted by atomic mass is 9.85. The van der Waals surface area contributed by atoms with Gasteiger partial charge < -0.3 is 40.3 Å². The quantitative estimate of drug-likeness (QED) is 0.0837. The van der Waals surface area contributed by atoms with Gasteiger partial charge in [-0.2, -0.15) is 0 Å². The van der Waals surface area contributed by atoms with Crippen molar-refractivity contribution in [2.24, 2.45) is 17.8 Å². The molecule has 38 heavy (non-hydrogen) atoms. The van der Waals surface area contributed by atoms with Crippen molar-refractivity contribution in [3.05, 3.63) is 0 Å². The first-order valence-corrected chi connectivity index (χ1v) is 15.8. The minimum Gasteiger partial charge on any atom is -0.388 e. The van der Waals surface area contributed by atoms with Gasteiger partial charge >= 0.3 is 7.82 Å². The maximum Gasteiger partial charge on any atom is 0.472 e. The van der Waals surface area contributed by atoms with Crippen LogP contribution >= 0.6 is 7.82 Å². The summed E-state index contributed by atoms with van der Waals surface area (Å²) in [5, 5.41) is 58.7. The summed E-state index contributed by atoms with van der Waals surface area (Å²) >= 11 is 0. The summed E-state index contributed by atoms with van der Waals surface area (Å²) < 4.78 is 26.9. The van der Waals surface area contributed by atoms with Crippen LogP contribution in [0.15, 0.2) is 0 Å². The molecule has 11 nitrogen and oxygen atoms in total. The van der Waals surface area contributed by atoms with Crippen molar-refractivity contribution in [1.29, 1.82) is 0 Å². The molecule has 226 valence electrons. The van der Waals surface area contributed by atoms with E-state index in [1.54, 1.807) is 0 Å². The smallest absolute Gasteiger partial charge is 0.388 e. The highest BCUT2D eigenvalue weighted by Crippen LogP contribution is 2.52. The lowest BCUT2D eigenvalue weighted by Crippen LogP contribution is -2.64. The minimum atomic E-state index is -4.88. The van der Waals surface area contributed by atoms with Gasteiger partial charge in [-0.25, -0.2) is 4.57 Å². The first-order valence-electron chi connectivity index (χ1n) is 14.3. The van der Waals surface area contributed by atoms with Gasteiger partial charge in [0.1, 0.15) is 42.7 Å². The molecule has 0 radical (unpaired) electrons. The molecular weight excluding hydrogens is 519 g/mol. The van der Waals surface area contributed by atoms with E-state index in [4.69, 9.17) is 13.8 Å².